The quantitative estimate of drug-likeness (QED) is 0.904. The Kier molecular flexibility index (Phi) is 4.10. The number of nitrogens with zero attached hydrogens (tertiary/aromatic N) is 2. The van der Waals surface area contributed by atoms with Crippen LogP contribution in [0.5, 0.6) is 0 Å². The molecule has 1 amide bonds. The van der Waals surface area contributed by atoms with Gasteiger partial charge in [0.05, 0.1) is 22.2 Å². The van der Waals surface area contributed by atoms with Crippen molar-refractivity contribution in [2.75, 3.05) is 6.54 Å². The van der Waals surface area contributed by atoms with E-state index in [2.05, 4.69) is 15.5 Å². The van der Waals surface area contributed by atoms with E-state index in [9.17, 15) is 4.79 Å². The molecule has 0 aromatic carbocycles. The van der Waals surface area contributed by atoms with Crippen molar-refractivity contribution in [1.82, 2.24) is 15.5 Å². The van der Waals surface area contributed by atoms with Crippen LogP contribution < -0.4 is 11.1 Å². The van der Waals surface area contributed by atoms with Crippen molar-refractivity contribution < 1.29 is 9.32 Å². The summed E-state index contributed by atoms with van der Waals surface area (Å²) >= 11 is 0. The van der Waals surface area contributed by atoms with E-state index in [1.165, 1.54) is 0 Å². The van der Waals surface area contributed by atoms with Crippen LogP contribution in [0.4, 0.5) is 0 Å². The van der Waals surface area contributed by atoms with Gasteiger partial charge in [-0.1, -0.05) is 31.8 Å². The van der Waals surface area contributed by atoms with Crippen LogP contribution in [0.1, 0.15) is 67.2 Å². The minimum absolute atomic E-state index is 0.113. The van der Waals surface area contributed by atoms with Crippen LogP contribution in [-0.2, 0) is 0 Å². The van der Waals surface area contributed by atoms with Crippen molar-refractivity contribution in [2.45, 2.75) is 57.9 Å². The van der Waals surface area contributed by atoms with E-state index < -0.39 is 0 Å². The highest BCUT2D eigenvalue weighted by Crippen LogP contribution is 2.30. The monoisotopic (exact) mass is 316 g/mol. The summed E-state index contributed by atoms with van der Waals surface area (Å²) in [6.45, 7) is 6.37. The third-order valence-electron chi connectivity index (χ3n) is 4.80. The lowest BCUT2D eigenvalue weighted by molar-refractivity contribution is 0.0904. The van der Waals surface area contributed by atoms with Crippen LogP contribution >= 0.6 is 0 Å². The number of carbonyl (C=O) groups is 1. The third kappa shape index (κ3) is 2.83. The van der Waals surface area contributed by atoms with E-state index in [0.29, 0.717) is 28.9 Å². The second-order valence-electron chi connectivity index (χ2n) is 6.84. The number of fused-ring (bicyclic) bond motifs is 1. The smallest absolute Gasteiger partial charge is 0.259 e. The number of nitrogens with two attached hydrogens (primary N) is 1. The second-order valence-corrected chi connectivity index (χ2v) is 6.84. The Morgan fingerprint density at radius 3 is 2.74 bits per heavy atom. The van der Waals surface area contributed by atoms with Crippen LogP contribution in [0.15, 0.2) is 10.6 Å². The van der Waals surface area contributed by atoms with Gasteiger partial charge in [-0.15, -0.1) is 0 Å². The van der Waals surface area contributed by atoms with Gasteiger partial charge in [0.1, 0.15) is 0 Å². The van der Waals surface area contributed by atoms with Gasteiger partial charge < -0.3 is 15.6 Å². The molecular formula is C17H24N4O2. The Balaban J connectivity index is 2.03. The highest BCUT2D eigenvalue weighted by Gasteiger charge is 2.35. The molecule has 2 aromatic rings. The van der Waals surface area contributed by atoms with Gasteiger partial charge in [0, 0.05) is 12.2 Å². The topological polar surface area (TPSA) is 94.0 Å². The summed E-state index contributed by atoms with van der Waals surface area (Å²) in [5, 5.41) is 7.83. The number of aryl methyl sites for hydroxylation is 1. The summed E-state index contributed by atoms with van der Waals surface area (Å²) in [5.74, 6) is 0.0873. The van der Waals surface area contributed by atoms with Gasteiger partial charge in [-0.2, -0.15) is 0 Å². The summed E-state index contributed by atoms with van der Waals surface area (Å²) in [6, 6.07) is 1.85. The Hall–Kier alpha value is -1.95. The molecule has 1 aliphatic carbocycles. The Morgan fingerprint density at radius 2 is 2.13 bits per heavy atom. The summed E-state index contributed by atoms with van der Waals surface area (Å²) < 4.78 is 5.29. The van der Waals surface area contributed by atoms with Gasteiger partial charge in [-0.05, 0) is 31.7 Å². The summed E-state index contributed by atoms with van der Waals surface area (Å²) in [7, 11) is 0. The summed E-state index contributed by atoms with van der Waals surface area (Å²) in [5.41, 5.74) is 8.17. The van der Waals surface area contributed by atoms with Crippen molar-refractivity contribution in [3.05, 3.63) is 23.0 Å². The third-order valence-corrected chi connectivity index (χ3v) is 4.80. The molecule has 3 rings (SSSR count). The lowest BCUT2D eigenvalue weighted by Crippen LogP contribution is -2.51. The molecule has 0 radical (unpaired) electrons. The fraction of sp³-hybridized carbons (Fsp3) is 0.588. The minimum Gasteiger partial charge on any atom is -0.345 e. The number of aromatic nitrogens is 2. The van der Waals surface area contributed by atoms with E-state index in [0.717, 1.165) is 31.4 Å². The van der Waals surface area contributed by atoms with Crippen LogP contribution in [0.2, 0.25) is 0 Å². The highest BCUT2D eigenvalue weighted by atomic mass is 16.5. The van der Waals surface area contributed by atoms with E-state index >= 15 is 0 Å². The van der Waals surface area contributed by atoms with E-state index in [4.69, 9.17) is 10.3 Å². The van der Waals surface area contributed by atoms with Crippen molar-refractivity contribution in [1.29, 1.82) is 0 Å². The molecule has 0 aliphatic heterocycles. The molecule has 6 nitrogen and oxygen atoms in total. The average molecular weight is 316 g/mol. The zero-order valence-corrected chi connectivity index (χ0v) is 14.0. The number of amides is 1. The largest absolute Gasteiger partial charge is 0.345 e. The fourth-order valence-corrected chi connectivity index (χ4v) is 3.33. The van der Waals surface area contributed by atoms with Gasteiger partial charge in [0.15, 0.2) is 0 Å². The molecule has 0 bridgehead atoms. The summed E-state index contributed by atoms with van der Waals surface area (Å²) in [6.07, 6.45) is 4.08. The molecule has 23 heavy (non-hydrogen) atoms. The van der Waals surface area contributed by atoms with Gasteiger partial charge in [0.25, 0.3) is 11.6 Å². The first-order valence-corrected chi connectivity index (χ1v) is 8.25. The molecule has 124 valence electrons. The van der Waals surface area contributed by atoms with Crippen LogP contribution in [0.25, 0.3) is 11.1 Å². The zero-order chi connectivity index (χ0) is 16.6. The lowest BCUT2D eigenvalue weighted by Gasteiger charge is -2.29. The van der Waals surface area contributed by atoms with Gasteiger partial charge >= 0.3 is 0 Å². The number of hydrogen-bond acceptors (Lipinski definition) is 5. The second kappa shape index (κ2) is 5.92. The lowest BCUT2D eigenvalue weighted by atomic mass is 9.96. The molecule has 2 aromatic heterocycles. The molecule has 0 spiro atoms. The molecule has 2 heterocycles. The molecule has 1 fully saturated rings. The molecule has 1 saturated carbocycles. The average Bonchev–Trinajstić information content (AvgIpc) is 3.14. The number of carbonyl (C=O) groups excluding carboxylic acids is 1. The highest BCUT2D eigenvalue weighted by molar-refractivity contribution is 6.06. The van der Waals surface area contributed by atoms with Crippen molar-refractivity contribution in [2.24, 2.45) is 5.73 Å². The minimum atomic E-state index is -0.282. The molecule has 6 heteroatoms. The van der Waals surface area contributed by atoms with Gasteiger partial charge in [-0.25, -0.2) is 4.98 Å². The molecule has 0 atom stereocenters. The van der Waals surface area contributed by atoms with Gasteiger partial charge in [-0.3, -0.25) is 4.79 Å². The molecular weight excluding hydrogens is 292 g/mol. The van der Waals surface area contributed by atoms with Crippen molar-refractivity contribution in [3.8, 4) is 0 Å². The number of hydrogen-bond donors (Lipinski definition) is 2. The van der Waals surface area contributed by atoms with E-state index in [-0.39, 0.29) is 17.4 Å². The fourth-order valence-electron chi connectivity index (χ4n) is 3.33. The maximum absolute atomic E-state index is 12.9. The Labute approximate surface area is 135 Å². The molecule has 0 unspecified atom stereocenters. The normalized spacial score (nSPS) is 17.1. The first-order chi connectivity index (χ1) is 11.0. The Morgan fingerprint density at radius 1 is 1.43 bits per heavy atom. The van der Waals surface area contributed by atoms with Crippen molar-refractivity contribution >= 4 is 17.0 Å². The first-order valence-electron chi connectivity index (χ1n) is 8.25. The number of nitrogens with one attached hydrogen (secondary N) is 1. The predicted molar refractivity (Wildman–Crippen MR) is 88.3 cm³/mol. The maximum atomic E-state index is 12.9. The standard InChI is InChI=1S/C17H24N4O2/c1-10(2)13-8-12(14-11(3)21-23-16(14)19-13)15(22)20-17(9-18)6-4-5-7-17/h8,10H,4-7,9,18H2,1-3H3,(H,20,22). The molecule has 3 N–H and O–H groups in total. The van der Waals surface area contributed by atoms with Crippen LogP contribution in [0, 0.1) is 6.92 Å². The molecule has 0 saturated heterocycles. The summed E-state index contributed by atoms with van der Waals surface area (Å²) in [4.78, 5) is 17.4. The number of rotatable bonds is 4. The first kappa shape index (κ1) is 15.9. The molecule has 1 aliphatic rings. The number of pyridine rings is 1. The van der Waals surface area contributed by atoms with Crippen LogP contribution in [0.3, 0.4) is 0 Å². The predicted octanol–water partition coefficient (Wildman–Crippen LogP) is 2.66. The van der Waals surface area contributed by atoms with E-state index in [1.54, 1.807) is 0 Å². The van der Waals surface area contributed by atoms with Crippen molar-refractivity contribution in [3.63, 3.8) is 0 Å². The van der Waals surface area contributed by atoms with Gasteiger partial charge in [0.2, 0.25) is 0 Å². The van der Waals surface area contributed by atoms with E-state index in [1.807, 2.05) is 26.8 Å². The SMILES string of the molecule is Cc1noc2nc(C(C)C)cc(C(=O)NC3(CN)CCCC3)c12. The maximum Gasteiger partial charge on any atom is 0.259 e. The van der Waals surface area contributed by atoms with Crippen LogP contribution in [-0.4, -0.2) is 28.1 Å². The Bertz CT molecular complexity index is 730. The zero-order valence-electron chi connectivity index (χ0n) is 14.0.